The molecule has 0 aliphatic carbocycles. The van der Waals surface area contributed by atoms with Crippen LogP contribution in [-0.4, -0.2) is 28.5 Å². The zero-order valence-corrected chi connectivity index (χ0v) is 10.8. The summed E-state index contributed by atoms with van der Waals surface area (Å²) in [6.45, 7) is 6.71. The first-order chi connectivity index (χ1) is 8.16. The van der Waals surface area contributed by atoms with Gasteiger partial charge in [-0.15, -0.1) is 10.2 Å². The number of rotatable bonds is 5. The maximum Gasteiger partial charge on any atom is 0.389 e. The van der Waals surface area contributed by atoms with Crippen molar-refractivity contribution >= 4 is 0 Å². The van der Waals surface area contributed by atoms with Crippen LogP contribution in [-0.2, 0) is 12.8 Å². The first-order valence-corrected chi connectivity index (χ1v) is 5.79. The molecule has 1 aromatic rings. The first-order valence-electron chi connectivity index (χ1n) is 5.79. The van der Waals surface area contributed by atoms with Crippen LogP contribution in [0, 0.1) is 0 Å². The maximum atomic E-state index is 12.0. The zero-order valence-electron chi connectivity index (χ0n) is 10.8. The van der Waals surface area contributed by atoms with Crippen LogP contribution in [0.15, 0.2) is 4.42 Å². The second kappa shape index (κ2) is 5.69. The number of hydrogen-bond donors (Lipinski definition) is 1. The summed E-state index contributed by atoms with van der Waals surface area (Å²) >= 11 is 0. The standard InChI is InChI=1S/C11H18F3N3O/c1-10(2,3)15-7-5-9-17-16-8(18-9)4-6-11(12,13)14/h15H,4-7H2,1-3H3. The van der Waals surface area contributed by atoms with Crippen molar-refractivity contribution in [3.8, 4) is 0 Å². The molecule has 4 nitrogen and oxygen atoms in total. The third-order valence-electron chi connectivity index (χ3n) is 2.13. The predicted molar refractivity (Wildman–Crippen MR) is 60.1 cm³/mol. The number of nitrogens with one attached hydrogen (secondary N) is 1. The zero-order chi connectivity index (χ0) is 13.8. The van der Waals surface area contributed by atoms with Crippen molar-refractivity contribution in [3.63, 3.8) is 0 Å². The molecule has 18 heavy (non-hydrogen) atoms. The number of hydrogen-bond acceptors (Lipinski definition) is 4. The van der Waals surface area contributed by atoms with Gasteiger partial charge in [-0.25, -0.2) is 0 Å². The van der Waals surface area contributed by atoms with Crippen molar-refractivity contribution in [3.05, 3.63) is 11.8 Å². The molecule has 0 spiro atoms. The molecule has 0 radical (unpaired) electrons. The van der Waals surface area contributed by atoms with Crippen LogP contribution in [0.2, 0.25) is 0 Å². The topological polar surface area (TPSA) is 51.0 Å². The molecule has 0 atom stereocenters. The molecule has 0 saturated heterocycles. The monoisotopic (exact) mass is 265 g/mol. The molecule has 0 unspecified atom stereocenters. The highest BCUT2D eigenvalue weighted by Gasteiger charge is 2.27. The van der Waals surface area contributed by atoms with Gasteiger partial charge in [-0.2, -0.15) is 13.2 Å². The van der Waals surface area contributed by atoms with Crippen molar-refractivity contribution in [2.24, 2.45) is 0 Å². The molecular weight excluding hydrogens is 247 g/mol. The molecule has 0 amide bonds. The Kier molecular flexibility index (Phi) is 4.72. The second-order valence-electron chi connectivity index (χ2n) is 5.13. The molecule has 0 saturated carbocycles. The molecule has 0 fully saturated rings. The highest BCUT2D eigenvalue weighted by Crippen LogP contribution is 2.21. The van der Waals surface area contributed by atoms with Crippen molar-refractivity contribution < 1.29 is 17.6 Å². The Morgan fingerprint density at radius 2 is 1.61 bits per heavy atom. The molecule has 1 heterocycles. The van der Waals surface area contributed by atoms with Gasteiger partial charge >= 0.3 is 6.18 Å². The van der Waals surface area contributed by atoms with Crippen LogP contribution in [0.1, 0.15) is 39.0 Å². The quantitative estimate of drug-likeness (QED) is 0.888. The van der Waals surface area contributed by atoms with Gasteiger partial charge in [0.2, 0.25) is 11.8 Å². The molecule has 0 aromatic carbocycles. The minimum absolute atomic E-state index is 0.0147. The SMILES string of the molecule is CC(C)(C)NCCc1nnc(CCC(F)(F)F)o1. The van der Waals surface area contributed by atoms with Crippen molar-refractivity contribution in [2.45, 2.75) is 51.7 Å². The molecule has 0 aliphatic rings. The van der Waals surface area contributed by atoms with E-state index in [9.17, 15) is 13.2 Å². The second-order valence-corrected chi connectivity index (χ2v) is 5.13. The lowest BCUT2D eigenvalue weighted by Gasteiger charge is -2.19. The number of aromatic nitrogens is 2. The van der Waals surface area contributed by atoms with Gasteiger partial charge in [0, 0.05) is 24.9 Å². The van der Waals surface area contributed by atoms with E-state index in [4.69, 9.17) is 4.42 Å². The lowest BCUT2D eigenvalue weighted by Crippen LogP contribution is -2.37. The Morgan fingerprint density at radius 1 is 1.06 bits per heavy atom. The summed E-state index contributed by atoms with van der Waals surface area (Å²) in [5, 5.41) is 10.5. The fraction of sp³-hybridized carbons (Fsp3) is 0.818. The lowest BCUT2D eigenvalue weighted by molar-refractivity contribution is -0.134. The molecule has 1 rings (SSSR count). The molecule has 0 bridgehead atoms. The maximum absolute atomic E-state index is 12.0. The van der Waals surface area contributed by atoms with Crippen LogP contribution < -0.4 is 5.32 Å². The van der Waals surface area contributed by atoms with Crippen LogP contribution in [0.5, 0.6) is 0 Å². The Morgan fingerprint density at radius 3 is 2.11 bits per heavy atom. The largest absolute Gasteiger partial charge is 0.425 e. The van der Waals surface area contributed by atoms with Crippen LogP contribution >= 0.6 is 0 Å². The number of nitrogens with zero attached hydrogens (tertiary/aromatic N) is 2. The Bertz CT molecular complexity index is 368. The Hall–Kier alpha value is -1.11. The number of halogens is 3. The van der Waals surface area contributed by atoms with Crippen LogP contribution in [0.25, 0.3) is 0 Å². The van der Waals surface area contributed by atoms with Crippen molar-refractivity contribution in [1.29, 1.82) is 0 Å². The minimum atomic E-state index is -4.19. The third-order valence-corrected chi connectivity index (χ3v) is 2.13. The smallest absolute Gasteiger partial charge is 0.389 e. The normalized spacial score (nSPS) is 13.0. The first kappa shape index (κ1) is 14.9. The minimum Gasteiger partial charge on any atom is -0.425 e. The van der Waals surface area contributed by atoms with E-state index in [-0.39, 0.29) is 17.9 Å². The molecule has 1 aromatic heterocycles. The van der Waals surface area contributed by atoms with Gasteiger partial charge in [0.05, 0.1) is 6.42 Å². The predicted octanol–water partition coefficient (Wildman–Crippen LogP) is 2.50. The van der Waals surface area contributed by atoms with E-state index < -0.39 is 12.6 Å². The average molecular weight is 265 g/mol. The van der Waals surface area contributed by atoms with Gasteiger partial charge in [0.25, 0.3) is 0 Å². The Balaban J connectivity index is 2.35. The fourth-order valence-electron chi connectivity index (χ4n) is 1.28. The van der Waals surface area contributed by atoms with E-state index >= 15 is 0 Å². The average Bonchev–Trinajstić information content (AvgIpc) is 2.60. The highest BCUT2D eigenvalue weighted by molar-refractivity contribution is 4.84. The van der Waals surface area contributed by atoms with Gasteiger partial charge in [0.15, 0.2) is 0 Å². The van der Waals surface area contributed by atoms with E-state index in [2.05, 4.69) is 15.5 Å². The van der Waals surface area contributed by atoms with Gasteiger partial charge in [-0.1, -0.05) is 0 Å². The van der Waals surface area contributed by atoms with Crippen LogP contribution in [0.4, 0.5) is 13.2 Å². The molecule has 0 aliphatic heterocycles. The van der Waals surface area contributed by atoms with E-state index in [1.165, 1.54) is 0 Å². The van der Waals surface area contributed by atoms with E-state index in [1.807, 2.05) is 20.8 Å². The summed E-state index contributed by atoms with van der Waals surface area (Å²) in [6, 6.07) is 0. The highest BCUT2D eigenvalue weighted by atomic mass is 19.4. The third kappa shape index (κ3) is 6.58. The van der Waals surface area contributed by atoms with E-state index in [1.54, 1.807) is 0 Å². The van der Waals surface area contributed by atoms with Gasteiger partial charge < -0.3 is 9.73 Å². The molecule has 7 heteroatoms. The summed E-state index contributed by atoms with van der Waals surface area (Å²) in [4.78, 5) is 0. The molecular formula is C11H18F3N3O. The number of aryl methyl sites for hydroxylation is 1. The summed E-state index contributed by atoms with van der Waals surface area (Å²) in [5.74, 6) is 0.405. The molecule has 1 N–H and O–H groups in total. The van der Waals surface area contributed by atoms with Crippen molar-refractivity contribution in [2.75, 3.05) is 6.54 Å². The van der Waals surface area contributed by atoms with Gasteiger partial charge in [-0.05, 0) is 20.8 Å². The molecule has 104 valence electrons. The summed E-state index contributed by atoms with van der Waals surface area (Å²) in [7, 11) is 0. The fourth-order valence-corrected chi connectivity index (χ4v) is 1.28. The summed E-state index contributed by atoms with van der Waals surface area (Å²) in [5.41, 5.74) is -0.0147. The van der Waals surface area contributed by atoms with Crippen LogP contribution in [0.3, 0.4) is 0 Å². The summed E-state index contributed by atoms with van der Waals surface area (Å²) < 4.78 is 41.1. The number of alkyl halides is 3. The van der Waals surface area contributed by atoms with E-state index in [0.717, 1.165) is 0 Å². The summed E-state index contributed by atoms with van der Waals surface area (Å²) in [6.07, 6.45) is -4.88. The van der Waals surface area contributed by atoms with E-state index in [0.29, 0.717) is 18.9 Å². The van der Waals surface area contributed by atoms with Gasteiger partial charge in [0.1, 0.15) is 0 Å². The lowest BCUT2D eigenvalue weighted by atomic mass is 10.1. The van der Waals surface area contributed by atoms with Gasteiger partial charge in [-0.3, -0.25) is 0 Å². The van der Waals surface area contributed by atoms with Crippen molar-refractivity contribution in [1.82, 2.24) is 15.5 Å². The Labute approximate surface area is 104 Å².